The van der Waals surface area contributed by atoms with E-state index < -0.39 is 21.5 Å². The summed E-state index contributed by atoms with van der Waals surface area (Å²) in [6, 6.07) is 12.3. The van der Waals surface area contributed by atoms with Gasteiger partial charge in [-0.15, -0.1) is 0 Å². The van der Waals surface area contributed by atoms with Gasteiger partial charge in [0.05, 0.1) is 23.0 Å². The summed E-state index contributed by atoms with van der Waals surface area (Å²) in [6.07, 6.45) is 4.11. The Morgan fingerprint density at radius 1 is 1.05 bits per heavy atom. The molecule has 1 aliphatic heterocycles. The first-order chi connectivity index (χ1) is 20.1. The SMILES string of the molecule is Cn1ccc(S(=O)(=O)c2cc(-c3cccc(C#N)c3O)c3c(N4CCC(N)CC4)c(-c4cc(F)cc(F)c4)cnn23)n1. The molecule has 3 aromatic heterocycles. The van der Waals surface area contributed by atoms with Crippen LogP contribution in [-0.4, -0.2) is 52.1 Å². The van der Waals surface area contributed by atoms with E-state index in [1.165, 1.54) is 51.9 Å². The third kappa shape index (κ3) is 4.54. The van der Waals surface area contributed by atoms with Crippen LogP contribution in [-0.2, 0) is 16.9 Å². The average molecular weight is 590 g/mol. The normalized spacial score (nSPS) is 14.4. The second-order valence-electron chi connectivity index (χ2n) is 10.2. The van der Waals surface area contributed by atoms with Crippen LogP contribution in [0.15, 0.2) is 71.0 Å². The highest BCUT2D eigenvalue weighted by Crippen LogP contribution is 2.45. The molecule has 0 amide bonds. The van der Waals surface area contributed by atoms with Gasteiger partial charge in [0.25, 0.3) is 0 Å². The van der Waals surface area contributed by atoms with Crippen LogP contribution in [0.4, 0.5) is 14.5 Å². The van der Waals surface area contributed by atoms with E-state index in [2.05, 4.69) is 10.2 Å². The maximum Gasteiger partial charge on any atom is 0.242 e. The summed E-state index contributed by atoms with van der Waals surface area (Å²) in [5.41, 5.74) is 7.90. The summed E-state index contributed by atoms with van der Waals surface area (Å²) in [4.78, 5) is 1.98. The van der Waals surface area contributed by atoms with Gasteiger partial charge in [-0.25, -0.2) is 21.7 Å². The number of aromatic nitrogens is 4. The smallest absolute Gasteiger partial charge is 0.242 e. The van der Waals surface area contributed by atoms with E-state index in [1.54, 1.807) is 19.2 Å². The number of sulfone groups is 1. The number of benzene rings is 2. The number of hydrogen-bond donors (Lipinski definition) is 2. The lowest BCUT2D eigenvalue weighted by molar-refractivity contribution is 0.475. The molecular formula is C29H25F2N7O3S. The van der Waals surface area contributed by atoms with Gasteiger partial charge >= 0.3 is 0 Å². The number of nitrogens with two attached hydrogens (primary N) is 1. The molecular weight excluding hydrogens is 564 g/mol. The van der Waals surface area contributed by atoms with Gasteiger partial charge in [0.1, 0.15) is 23.5 Å². The number of piperidine rings is 1. The Balaban J connectivity index is 1.75. The van der Waals surface area contributed by atoms with Crippen molar-refractivity contribution >= 4 is 21.0 Å². The van der Waals surface area contributed by atoms with E-state index in [-0.39, 0.29) is 49.6 Å². The Hall–Kier alpha value is -4.80. The van der Waals surface area contributed by atoms with E-state index in [0.29, 0.717) is 37.2 Å². The molecule has 0 unspecified atom stereocenters. The lowest BCUT2D eigenvalue weighted by Gasteiger charge is -2.34. The quantitative estimate of drug-likeness (QED) is 0.313. The van der Waals surface area contributed by atoms with Gasteiger partial charge in [0.15, 0.2) is 10.1 Å². The largest absolute Gasteiger partial charge is 0.506 e. The number of phenols is 1. The number of halogens is 2. The van der Waals surface area contributed by atoms with Crippen molar-refractivity contribution in [1.29, 1.82) is 5.26 Å². The van der Waals surface area contributed by atoms with Crippen LogP contribution in [0.3, 0.4) is 0 Å². The fraction of sp³-hybridized carbons (Fsp3) is 0.207. The molecule has 214 valence electrons. The highest BCUT2D eigenvalue weighted by molar-refractivity contribution is 7.91. The summed E-state index contributed by atoms with van der Waals surface area (Å²) < 4.78 is 59.3. The van der Waals surface area contributed by atoms with Crippen molar-refractivity contribution in [2.24, 2.45) is 12.8 Å². The van der Waals surface area contributed by atoms with Gasteiger partial charge in [-0.1, -0.05) is 12.1 Å². The number of rotatable bonds is 5. The zero-order valence-electron chi connectivity index (χ0n) is 22.4. The van der Waals surface area contributed by atoms with Crippen molar-refractivity contribution in [3.05, 3.63) is 78.1 Å². The molecule has 6 rings (SSSR count). The molecule has 13 heteroatoms. The van der Waals surface area contributed by atoms with Crippen LogP contribution in [0.2, 0.25) is 0 Å². The van der Waals surface area contributed by atoms with Gasteiger partial charge in [-0.3, -0.25) is 4.68 Å². The van der Waals surface area contributed by atoms with Crippen LogP contribution < -0.4 is 10.6 Å². The predicted octanol–water partition coefficient (Wildman–Crippen LogP) is 4.02. The number of para-hydroxylation sites is 1. The minimum Gasteiger partial charge on any atom is -0.506 e. The van der Waals surface area contributed by atoms with Gasteiger partial charge < -0.3 is 15.7 Å². The molecule has 0 radical (unpaired) electrons. The van der Waals surface area contributed by atoms with E-state index >= 15 is 0 Å². The van der Waals surface area contributed by atoms with Crippen molar-refractivity contribution in [2.75, 3.05) is 18.0 Å². The number of aryl methyl sites for hydroxylation is 1. The number of aromatic hydroxyl groups is 1. The van der Waals surface area contributed by atoms with E-state index in [0.717, 1.165) is 6.07 Å². The Kier molecular flexibility index (Phi) is 6.67. The molecule has 1 fully saturated rings. The van der Waals surface area contributed by atoms with Crippen molar-refractivity contribution in [3.8, 4) is 34.1 Å². The minimum atomic E-state index is -4.24. The van der Waals surface area contributed by atoms with Crippen molar-refractivity contribution in [2.45, 2.75) is 28.9 Å². The van der Waals surface area contributed by atoms with Crippen LogP contribution in [0.25, 0.3) is 27.8 Å². The van der Waals surface area contributed by atoms with Crippen LogP contribution in [0.5, 0.6) is 5.75 Å². The molecule has 10 nitrogen and oxygen atoms in total. The molecule has 0 spiro atoms. The number of nitrogens with zero attached hydrogens (tertiary/aromatic N) is 6. The number of hydrogen-bond acceptors (Lipinski definition) is 8. The first-order valence-corrected chi connectivity index (χ1v) is 14.6. The van der Waals surface area contributed by atoms with Gasteiger partial charge in [0, 0.05) is 55.1 Å². The van der Waals surface area contributed by atoms with Gasteiger partial charge in [-0.05, 0) is 48.7 Å². The highest BCUT2D eigenvalue weighted by atomic mass is 32.2. The first kappa shape index (κ1) is 27.4. The maximum absolute atomic E-state index is 14.4. The summed E-state index contributed by atoms with van der Waals surface area (Å²) in [6.45, 7) is 0.950. The second kappa shape index (κ2) is 10.2. The first-order valence-electron chi connectivity index (χ1n) is 13.1. The Morgan fingerprint density at radius 2 is 1.76 bits per heavy atom. The van der Waals surface area contributed by atoms with Crippen LogP contribution in [0, 0.1) is 23.0 Å². The minimum absolute atomic E-state index is 0.0113. The molecule has 0 bridgehead atoms. The number of fused-ring (bicyclic) bond motifs is 1. The summed E-state index contributed by atoms with van der Waals surface area (Å²) in [7, 11) is -2.65. The average Bonchev–Trinajstić information content (AvgIpc) is 3.57. The van der Waals surface area contributed by atoms with E-state index in [1.807, 2.05) is 11.0 Å². The van der Waals surface area contributed by atoms with Crippen molar-refractivity contribution in [3.63, 3.8) is 0 Å². The molecule has 0 aliphatic carbocycles. The molecule has 3 N–H and O–H groups in total. The summed E-state index contributed by atoms with van der Waals surface area (Å²) >= 11 is 0. The lowest BCUT2D eigenvalue weighted by Crippen LogP contribution is -2.40. The van der Waals surface area contributed by atoms with Crippen LogP contribution >= 0.6 is 0 Å². The molecule has 2 aromatic carbocycles. The molecule has 5 aromatic rings. The standard InChI is InChI=1S/C29H25F2N7O3S/c1-36-8-7-25(35-36)42(40,41)26-14-23(22-4-2-3-17(15-32)29(22)39)28-27(37-9-5-21(33)6-10-37)24(16-34-38(26)28)18-11-19(30)13-20(31)12-18/h2-4,7-8,11-14,16,21,39H,5-6,9-10,33H2,1H3. The fourth-order valence-corrected chi connectivity index (χ4v) is 6.71. The topological polar surface area (TPSA) is 143 Å². The number of phenolic OH excluding ortho intramolecular Hbond substituents is 1. The molecule has 42 heavy (non-hydrogen) atoms. The third-order valence-electron chi connectivity index (χ3n) is 7.44. The van der Waals surface area contributed by atoms with E-state index in [9.17, 15) is 27.6 Å². The summed E-state index contributed by atoms with van der Waals surface area (Å²) in [5.74, 6) is -1.92. The molecule has 4 heterocycles. The van der Waals surface area contributed by atoms with Crippen molar-refractivity contribution < 1.29 is 22.3 Å². The number of nitriles is 1. The fourth-order valence-electron chi connectivity index (χ4n) is 5.38. The third-order valence-corrected chi connectivity index (χ3v) is 9.05. The zero-order valence-corrected chi connectivity index (χ0v) is 23.2. The molecule has 1 saturated heterocycles. The molecule has 1 aliphatic rings. The Labute approximate surface area is 239 Å². The molecule has 0 atom stereocenters. The lowest BCUT2D eigenvalue weighted by atomic mass is 9.97. The second-order valence-corrected chi connectivity index (χ2v) is 12.0. The zero-order chi connectivity index (χ0) is 29.8. The molecule has 0 saturated carbocycles. The Bertz CT molecular complexity index is 1990. The highest BCUT2D eigenvalue weighted by Gasteiger charge is 2.32. The Morgan fingerprint density at radius 3 is 2.40 bits per heavy atom. The van der Waals surface area contributed by atoms with E-state index in [4.69, 9.17) is 5.73 Å². The summed E-state index contributed by atoms with van der Waals surface area (Å²) in [5, 5.41) is 28.8. The maximum atomic E-state index is 14.4. The van der Waals surface area contributed by atoms with Gasteiger partial charge in [0.2, 0.25) is 9.84 Å². The van der Waals surface area contributed by atoms with Gasteiger partial charge in [-0.2, -0.15) is 15.5 Å². The van der Waals surface area contributed by atoms with Crippen molar-refractivity contribution in [1.82, 2.24) is 19.4 Å². The predicted molar refractivity (Wildman–Crippen MR) is 150 cm³/mol. The number of anilines is 1. The van der Waals surface area contributed by atoms with Crippen LogP contribution in [0.1, 0.15) is 18.4 Å². The monoisotopic (exact) mass is 589 g/mol.